The van der Waals surface area contributed by atoms with Crippen LogP contribution in [-0.4, -0.2) is 64.6 Å². The first kappa shape index (κ1) is 26.3. The van der Waals surface area contributed by atoms with Gasteiger partial charge in [-0.3, -0.25) is 9.52 Å². The molecule has 1 spiro atoms. The second kappa shape index (κ2) is 10.2. The molecule has 2 aromatic rings. The van der Waals surface area contributed by atoms with Gasteiger partial charge in [0, 0.05) is 38.4 Å². The van der Waals surface area contributed by atoms with Gasteiger partial charge in [0.05, 0.1) is 41.1 Å². The number of aliphatic hydroxyl groups excluding tert-OH is 1. The van der Waals surface area contributed by atoms with Gasteiger partial charge in [-0.2, -0.15) is 0 Å². The number of nitrogens with one attached hydrogen (secondary N) is 2. The molecule has 1 saturated heterocycles. The lowest BCUT2D eigenvalue weighted by atomic mass is 9.93. The zero-order valence-electron chi connectivity index (χ0n) is 22.5. The van der Waals surface area contributed by atoms with E-state index in [0.717, 1.165) is 68.9 Å². The zero-order chi connectivity index (χ0) is 27.2. The number of likely N-dealkylation sites (N-methyl/N-ethyl adjacent to an activating group) is 1. The topological polar surface area (TPSA) is 111 Å². The summed E-state index contributed by atoms with van der Waals surface area (Å²) < 4.78 is 33.5. The number of amides is 1. The number of aliphatic hydroxyl groups is 1. The van der Waals surface area contributed by atoms with E-state index in [1.165, 1.54) is 24.8 Å². The van der Waals surface area contributed by atoms with Gasteiger partial charge < -0.3 is 25.0 Å². The van der Waals surface area contributed by atoms with Crippen LogP contribution >= 0.6 is 0 Å². The molecule has 2 aliphatic heterocycles. The second-order valence-corrected chi connectivity index (χ2v) is 13.5. The Morgan fingerprint density at radius 3 is 2.51 bits per heavy atom. The van der Waals surface area contributed by atoms with Crippen LogP contribution < -0.4 is 24.6 Å². The van der Waals surface area contributed by atoms with Crippen LogP contribution in [0.25, 0.3) is 0 Å². The summed E-state index contributed by atoms with van der Waals surface area (Å²) in [5.41, 5.74) is 5.07. The van der Waals surface area contributed by atoms with Crippen LogP contribution in [-0.2, 0) is 16.4 Å². The first-order valence-corrected chi connectivity index (χ1v) is 15.8. The number of ether oxygens (including phenoxy) is 1. The molecule has 2 aromatic carbocycles. The van der Waals surface area contributed by atoms with E-state index in [9.17, 15) is 13.2 Å². The number of carbonyl (C=O) groups is 1. The molecule has 9 nitrogen and oxygen atoms in total. The van der Waals surface area contributed by atoms with Crippen molar-refractivity contribution in [3.8, 4) is 5.75 Å². The fraction of sp³-hybridized carbons (Fsp3) is 0.552. The molecular formula is C29H38N4O5S. The van der Waals surface area contributed by atoms with Crippen LogP contribution in [0.2, 0.25) is 0 Å². The molecular weight excluding hydrogens is 516 g/mol. The lowest BCUT2D eigenvalue weighted by Crippen LogP contribution is -2.35. The van der Waals surface area contributed by atoms with Gasteiger partial charge in [0.15, 0.2) is 0 Å². The molecule has 1 amide bonds. The molecule has 0 atom stereocenters. The number of sulfonamides is 1. The largest absolute Gasteiger partial charge is 0.488 e. The predicted octanol–water partition coefficient (Wildman–Crippen LogP) is 3.98. The van der Waals surface area contributed by atoms with Crippen molar-refractivity contribution < 1.29 is 23.1 Å². The zero-order valence-corrected chi connectivity index (χ0v) is 23.4. The Bertz CT molecular complexity index is 1360. The monoisotopic (exact) mass is 554 g/mol. The number of rotatable bonds is 9. The summed E-state index contributed by atoms with van der Waals surface area (Å²) in [5, 5.41) is 12.2. The first-order chi connectivity index (χ1) is 18.7. The number of anilines is 4. The summed E-state index contributed by atoms with van der Waals surface area (Å²) >= 11 is 0. The van der Waals surface area contributed by atoms with Crippen LogP contribution in [0.5, 0.6) is 5.75 Å². The van der Waals surface area contributed by atoms with E-state index in [2.05, 4.69) is 26.9 Å². The fourth-order valence-corrected chi connectivity index (χ4v) is 6.84. The van der Waals surface area contributed by atoms with E-state index >= 15 is 0 Å². The maximum atomic E-state index is 13.7. The van der Waals surface area contributed by atoms with Crippen molar-refractivity contribution in [2.24, 2.45) is 5.41 Å². The molecule has 10 heteroatoms. The van der Waals surface area contributed by atoms with E-state index in [-0.39, 0.29) is 17.8 Å². The van der Waals surface area contributed by atoms with E-state index in [1.807, 2.05) is 12.1 Å². The highest BCUT2D eigenvalue weighted by atomic mass is 32.2. The van der Waals surface area contributed by atoms with Gasteiger partial charge in [-0.1, -0.05) is 0 Å². The highest BCUT2D eigenvalue weighted by molar-refractivity contribution is 7.92. The van der Waals surface area contributed by atoms with Crippen molar-refractivity contribution in [3.63, 3.8) is 0 Å². The normalized spacial score (nSPS) is 19.9. The smallest absolute Gasteiger partial charge is 0.257 e. The summed E-state index contributed by atoms with van der Waals surface area (Å²) in [6.07, 6.45) is 9.14. The molecule has 0 radical (unpaired) electrons. The van der Waals surface area contributed by atoms with Gasteiger partial charge in [-0.15, -0.1) is 0 Å². The lowest BCUT2D eigenvalue weighted by Gasteiger charge is -2.35. The second-order valence-electron chi connectivity index (χ2n) is 11.6. The molecule has 2 aliphatic carbocycles. The molecule has 0 bridgehead atoms. The van der Waals surface area contributed by atoms with Gasteiger partial charge >= 0.3 is 0 Å². The third kappa shape index (κ3) is 5.54. The number of fused-ring (bicyclic) bond motifs is 1. The van der Waals surface area contributed by atoms with Crippen LogP contribution in [0, 0.1) is 5.41 Å². The minimum absolute atomic E-state index is 0.233. The Balaban J connectivity index is 1.28. The highest BCUT2D eigenvalue weighted by Crippen LogP contribution is 2.54. The average molecular weight is 555 g/mol. The minimum atomic E-state index is -3.68. The average Bonchev–Trinajstić information content (AvgIpc) is 3.52. The van der Waals surface area contributed by atoms with Crippen molar-refractivity contribution in [1.82, 2.24) is 0 Å². The van der Waals surface area contributed by atoms with Crippen molar-refractivity contribution in [3.05, 3.63) is 41.5 Å². The van der Waals surface area contributed by atoms with Crippen LogP contribution in [0.3, 0.4) is 0 Å². The molecule has 3 N–H and O–H groups in total. The van der Waals surface area contributed by atoms with E-state index < -0.39 is 16.6 Å². The van der Waals surface area contributed by atoms with Crippen molar-refractivity contribution >= 4 is 38.7 Å². The molecule has 0 unspecified atom stereocenters. The maximum absolute atomic E-state index is 13.7. The van der Waals surface area contributed by atoms with Gasteiger partial charge in [-0.25, -0.2) is 8.42 Å². The Labute approximate surface area is 230 Å². The summed E-state index contributed by atoms with van der Waals surface area (Å²) in [7, 11) is -1.61. The molecule has 210 valence electrons. The Hall–Kier alpha value is -2.98. The maximum Gasteiger partial charge on any atom is 0.257 e. The molecule has 2 saturated carbocycles. The number of nitrogens with zero attached hydrogens (tertiary/aromatic N) is 2. The van der Waals surface area contributed by atoms with Crippen LogP contribution in [0.15, 0.2) is 30.3 Å². The summed E-state index contributed by atoms with van der Waals surface area (Å²) in [6, 6.07) is 9.03. The Morgan fingerprint density at radius 2 is 1.85 bits per heavy atom. The van der Waals surface area contributed by atoms with Crippen molar-refractivity contribution in [1.29, 1.82) is 0 Å². The molecule has 2 heterocycles. The number of hydrogen-bond acceptors (Lipinski definition) is 7. The van der Waals surface area contributed by atoms with Gasteiger partial charge in [0.25, 0.3) is 5.91 Å². The van der Waals surface area contributed by atoms with Crippen molar-refractivity contribution in [2.75, 3.05) is 58.9 Å². The predicted molar refractivity (Wildman–Crippen MR) is 154 cm³/mol. The van der Waals surface area contributed by atoms with E-state index in [4.69, 9.17) is 9.84 Å². The fourth-order valence-electron chi connectivity index (χ4n) is 6.02. The minimum Gasteiger partial charge on any atom is -0.488 e. The standard InChI is InChI=1S/C29H38N4O5S/c1-32-12-7-20-17-22(19-26(27(20)32)38-23-3-2-4-23)30-28(35)24-6-5-21(31-39(36,37)16-15-34)18-25(24)33-13-10-29(8-9-29)11-14-33/h5-6,17-19,23,31,34H,2-4,7-16H2,1H3,(H,30,35). The third-order valence-corrected chi connectivity index (χ3v) is 10.1. The van der Waals surface area contributed by atoms with E-state index in [0.29, 0.717) is 22.4 Å². The van der Waals surface area contributed by atoms with Gasteiger partial charge in [0.2, 0.25) is 10.0 Å². The molecule has 3 fully saturated rings. The summed E-state index contributed by atoms with van der Waals surface area (Å²) in [4.78, 5) is 18.1. The number of benzene rings is 2. The summed E-state index contributed by atoms with van der Waals surface area (Å²) in [5.74, 6) is 0.213. The molecule has 6 rings (SSSR count). The van der Waals surface area contributed by atoms with Crippen LogP contribution in [0.1, 0.15) is 60.9 Å². The molecule has 4 aliphatic rings. The Morgan fingerprint density at radius 1 is 1.08 bits per heavy atom. The van der Waals surface area contributed by atoms with Crippen molar-refractivity contribution in [2.45, 2.75) is 57.5 Å². The highest BCUT2D eigenvalue weighted by Gasteiger charge is 2.44. The van der Waals surface area contributed by atoms with Gasteiger partial charge in [0.1, 0.15) is 5.75 Å². The lowest BCUT2D eigenvalue weighted by molar-refractivity contribution is 0.102. The number of carbonyl (C=O) groups excluding carboxylic acids is 1. The first-order valence-electron chi connectivity index (χ1n) is 14.1. The quantitative estimate of drug-likeness (QED) is 0.430. The number of piperidine rings is 1. The molecule has 0 aromatic heterocycles. The Kier molecular flexibility index (Phi) is 6.87. The number of hydrogen-bond donors (Lipinski definition) is 3. The van der Waals surface area contributed by atoms with Crippen LogP contribution in [0.4, 0.5) is 22.7 Å². The SMILES string of the molecule is CN1CCc2cc(NC(=O)c3ccc(NS(=O)(=O)CCO)cc3N3CCC4(CC3)CC4)cc(OC3CCC3)c21. The summed E-state index contributed by atoms with van der Waals surface area (Å²) in [6.45, 7) is 2.12. The molecule has 39 heavy (non-hydrogen) atoms. The third-order valence-electron chi connectivity index (χ3n) is 8.85. The van der Waals surface area contributed by atoms with E-state index in [1.54, 1.807) is 18.2 Å². The van der Waals surface area contributed by atoms with Gasteiger partial charge in [-0.05, 0) is 86.6 Å².